The number of nitrogens with zero attached hydrogens (tertiary/aromatic N) is 3. The van der Waals surface area contributed by atoms with Crippen molar-refractivity contribution in [3.05, 3.63) is 58.8 Å². The Morgan fingerprint density at radius 2 is 2.22 bits per heavy atom. The minimum Gasteiger partial charge on any atom is -0.467 e. The summed E-state index contributed by atoms with van der Waals surface area (Å²) in [5.41, 5.74) is 1.95. The summed E-state index contributed by atoms with van der Waals surface area (Å²) in [5, 5.41) is 16.3. The molecule has 2 N–H and O–H groups in total. The molecule has 1 amide bonds. The summed E-state index contributed by atoms with van der Waals surface area (Å²) in [6.07, 6.45) is 3.78. The zero-order chi connectivity index (χ0) is 22.3. The average Bonchev–Trinajstić information content (AvgIpc) is 3.55. The molecule has 0 aliphatic carbocycles. The number of thioether (sulfide) groups is 1. The van der Waals surface area contributed by atoms with Crippen LogP contribution in [0.2, 0.25) is 5.02 Å². The lowest BCUT2D eigenvalue weighted by Gasteiger charge is -2.15. The van der Waals surface area contributed by atoms with Crippen LogP contribution in [0.5, 0.6) is 0 Å². The molecular formula is C22H26ClN5O3S. The maximum atomic E-state index is 12.3. The average molecular weight is 476 g/mol. The number of carbonyl (C=O) groups is 1. The molecule has 1 saturated heterocycles. The largest absolute Gasteiger partial charge is 0.467 e. The third kappa shape index (κ3) is 6.05. The Balaban J connectivity index is 1.39. The number of benzene rings is 1. The number of rotatable bonds is 10. The van der Waals surface area contributed by atoms with Gasteiger partial charge in [-0.1, -0.05) is 29.4 Å². The quantitative estimate of drug-likeness (QED) is 0.427. The highest BCUT2D eigenvalue weighted by atomic mass is 35.5. The maximum Gasteiger partial charge on any atom is 0.230 e. The number of furan rings is 1. The molecule has 3 aromatic rings. The number of ether oxygens (including phenoxy) is 1. The smallest absolute Gasteiger partial charge is 0.230 e. The molecule has 1 aliphatic heterocycles. The molecule has 32 heavy (non-hydrogen) atoms. The highest BCUT2D eigenvalue weighted by Gasteiger charge is 2.21. The molecule has 170 valence electrons. The van der Waals surface area contributed by atoms with Crippen molar-refractivity contribution >= 4 is 35.0 Å². The number of nitrogens with one attached hydrogen (secondary N) is 2. The summed E-state index contributed by atoms with van der Waals surface area (Å²) < 4.78 is 13.1. The van der Waals surface area contributed by atoms with E-state index in [1.165, 1.54) is 11.8 Å². The van der Waals surface area contributed by atoms with E-state index in [1.54, 1.807) is 12.3 Å². The Morgan fingerprint density at radius 3 is 2.97 bits per heavy atom. The van der Waals surface area contributed by atoms with Crippen molar-refractivity contribution in [3.63, 3.8) is 0 Å². The molecule has 1 aliphatic rings. The molecule has 1 fully saturated rings. The van der Waals surface area contributed by atoms with Crippen LogP contribution >= 0.6 is 23.4 Å². The third-order valence-corrected chi connectivity index (χ3v) is 6.57. The topological polar surface area (TPSA) is 94.2 Å². The highest BCUT2D eigenvalue weighted by molar-refractivity contribution is 7.99. The molecule has 10 heteroatoms. The van der Waals surface area contributed by atoms with E-state index in [1.807, 2.05) is 35.8 Å². The van der Waals surface area contributed by atoms with Gasteiger partial charge in [0.05, 0.1) is 37.8 Å². The van der Waals surface area contributed by atoms with Gasteiger partial charge in [0.25, 0.3) is 0 Å². The van der Waals surface area contributed by atoms with E-state index in [-0.39, 0.29) is 17.8 Å². The van der Waals surface area contributed by atoms with Crippen LogP contribution in [0.1, 0.15) is 30.0 Å². The van der Waals surface area contributed by atoms with Crippen molar-refractivity contribution < 1.29 is 13.9 Å². The van der Waals surface area contributed by atoms with Crippen LogP contribution in [0.25, 0.3) is 0 Å². The summed E-state index contributed by atoms with van der Waals surface area (Å²) in [5.74, 6) is 1.66. The number of anilines is 1. The minimum atomic E-state index is -0.0907. The van der Waals surface area contributed by atoms with E-state index in [0.29, 0.717) is 29.8 Å². The molecule has 0 bridgehead atoms. The Kier molecular flexibility index (Phi) is 7.72. The first kappa shape index (κ1) is 22.7. The number of carbonyl (C=O) groups excluding carboxylic acids is 1. The van der Waals surface area contributed by atoms with Crippen molar-refractivity contribution in [2.45, 2.75) is 50.7 Å². The van der Waals surface area contributed by atoms with Crippen molar-refractivity contribution in [1.82, 2.24) is 20.1 Å². The van der Waals surface area contributed by atoms with Gasteiger partial charge in [0.1, 0.15) is 5.76 Å². The molecule has 3 heterocycles. The zero-order valence-electron chi connectivity index (χ0n) is 17.8. The van der Waals surface area contributed by atoms with E-state index in [0.717, 1.165) is 42.3 Å². The van der Waals surface area contributed by atoms with Gasteiger partial charge >= 0.3 is 0 Å². The van der Waals surface area contributed by atoms with Crippen LogP contribution < -0.4 is 10.6 Å². The molecule has 0 unspecified atom stereocenters. The first-order valence-corrected chi connectivity index (χ1v) is 11.9. The summed E-state index contributed by atoms with van der Waals surface area (Å²) >= 11 is 7.60. The second kappa shape index (κ2) is 10.9. The zero-order valence-corrected chi connectivity index (χ0v) is 19.4. The number of halogens is 1. The van der Waals surface area contributed by atoms with Crippen molar-refractivity contribution in [1.29, 1.82) is 0 Å². The van der Waals surface area contributed by atoms with Crippen LogP contribution in [0.4, 0.5) is 5.69 Å². The summed E-state index contributed by atoms with van der Waals surface area (Å²) in [6.45, 7) is 4.27. The number of hydrogen-bond donors (Lipinski definition) is 2. The fourth-order valence-electron chi connectivity index (χ4n) is 3.40. The predicted molar refractivity (Wildman–Crippen MR) is 124 cm³/mol. The second-order valence-corrected chi connectivity index (χ2v) is 8.96. The van der Waals surface area contributed by atoms with Crippen LogP contribution in [-0.4, -0.2) is 39.1 Å². The Labute approximate surface area is 196 Å². The van der Waals surface area contributed by atoms with Crippen LogP contribution in [0.15, 0.2) is 46.2 Å². The summed E-state index contributed by atoms with van der Waals surface area (Å²) in [6, 6.07) is 9.48. The summed E-state index contributed by atoms with van der Waals surface area (Å²) in [7, 11) is 0. The maximum absolute atomic E-state index is 12.3. The van der Waals surface area contributed by atoms with Crippen molar-refractivity contribution in [2.24, 2.45) is 0 Å². The minimum absolute atomic E-state index is 0.0907. The van der Waals surface area contributed by atoms with Gasteiger partial charge in [-0.3, -0.25) is 4.79 Å². The molecule has 0 radical (unpaired) electrons. The SMILES string of the molecule is Cc1ccc(NCc2nnc(SCC(=O)NCc3ccco3)n2C[C@@H]2CCCO2)cc1Cl. The fourth-order valence-corrected chi connectivity index (χ4v) is 4.37. The molecule has 1 atom stereocenters. The summed E-state index contributed by atoms with van der Waals surface area (Å²) in [4.78, 5) is 12.3. The van der Waals surface area contributed by atoms with Crippen molar-refractivity contribution in [2.75, 3.05) is 17.7 Å². The molecule has 1 aromatic carbocycles. The number of amides is 1. The molecule has 4 rings (SSSR count). The van der Waals surface area contributed by atoms with Crippen LogP contribution in [0, 0.1) is 6.92 Å². The lowest BCUT2D eigenvalue weighted by Crippen LogP contribution is -2.25. The Bertz CT molecular complexity index is 1030. The van der Waals surface area contributed by atoms with Gasteiger partial charge < -0.3 is 24.4 Å². The number of aromatic nitrogens is 3. The number of aryl methyl sites for hydroxylation is 1. The van der Waals surface area contributed by atoms with Crippen molar-refractivity contribution in [3.8, 4) is 0 Å². The highest BCUT2D eigenvalue weighted by Crippen LogP contribution is 2.23. The van der Waals surface area contributed by atoms with E-state index < -0.39 is 0 Å². The molecule has 0 saturated carbocycles. The van der Waals surface area contributed by atoms with Gasteiger partial charge in [-0.05, 0) is 49.6 Å². The van der Waals surface area contributed by atoms with Gasteiger partial charge in [-0.25, -0.2) is 0 Å². The Morgan fingerprint density at radius 1 is 1.31 bits per heavy atom. The third-order valence-electron chi connectivity index (χ3n) is 5.20. The molecular weight excluding hydrogens is 450 g/mol. The van der Waals surface area contributed by atoms with Gasteiger partial charge in [-0.2, -0.15) is 0 Å². The van der Waals surface area contributed by atoms with Gasteiger partial charge in [0.15, 0.2) is 11.0 Å². The van der Waals surface area contributed by atoms with Crippen LogP contribution in [-0.2, 0) is 29.2 Å². The van der Waals surface area contributed by atoms with E-state index in [4.69, 9.17) is 20.8 Å². The standard InChI is InChI=1S/C22H26ClN5O3S/c1-15-6-7-16(10-19(15)23)24-12-20-26-27-22(28(20)13-18-5-3-9-31-18)32-14-21(29)25-11-17-4-2-8-30-17/h2,4,6-8,10,18,24H,3,5,9,11-14H2,1H3,(H,25,29)/t18-/m0/s1. The Hall–Kier alpha value is -2.49. The van der Waals surface area contributed by atoms with E-state index in [2.05, 4.69) is 20.8 Å². The molecule has 2 aromatic heterocycles. The van der Waals surface area contributed by atoms with E-state index in [9.17, 15) is 4.79 Å². The second-order valence-electron chi connectivity index (χ2n) is 7.61. The van der Waals surface area contributed by atoms with Crippen LogP contribution in [0.3, 0.4) is 0 Å². The molecule has 8 nitrogen and oxygen atoms in total. The fraction of sp³-hybridized carbons (Fsp3) is 0.409. The molecule has 0 spiro atoms. The lowest BCUT2D eigenvalue weighted by atomic mass is 10.2. The normalized spacial score (nSPS) is 15.8. The monoisotopic (exact) mass is 475 g/mol. The van der Waals surface area contributed by atoms with Gasteiger partial charge in [-0.15, -0.1) is 10.2 Å². The lowest BCUT2D eigenvalue weighted by molar-refractivity contribution is -0.118. The first-order chi connectivity index (χ1) is 15.6. The van der Waals surface area contributed by atoms with E-state index >= 15 is 0 Å². The number of hydrogen-bond acceptors (Lipinski definition) is 7. The van der Waals surface area contributed by atoms with Gasteiger partial charge in [0.2, 0.25) is 5.91 Å². The predicted octanol–water partition coefficient (Wildman–Crippen LogP) is 4.03. The van der Waals surface area contributed by atoms with Gasteiger partial charge in [0, 0.05) is 17.3 Å². The first-order valence-electron chi connectivity index (χ1n) is 10.5.